The van der Waals surface area contributed by atoms with E-state index >= 15 is 0 Å². The van der Waals surface area contributed by atoms with Crippen molar-refractivity contribution >= 4 is 15.7 Å². The Balaban J connectivity index is 2.58. The molecule has 2 N–H and O–H groups in total. The molecule has 1 aromatic carbocycles. The van der Waals surface area contributed by atoms with Gasteiger partial charge in [-0.2, -0.15) is 5.10 Å². The van der Waals surface area contributed by atoms with E-state index < -0.39 is 9.84 Å². The van der Waals surface area contributed by atoms with Crippen LogP contribution in [0.1, 0.15) is 5.69 Å². The molecule has 5 nitrogen and oxygen atoms in total. The van der Waals surface area contributed by atoms with Gasteiger partial charge in [-0.15, -0.1) is 0 Å². The third-order valence-electron chi connectivity index (χ3n) is 2.35. The van der Waals surface area contributed by atoms with E-state index in [1.165, 1.54) is 10.9 Å². The van der Waals surface area contributed by atoms with Crippen LogP contribution in [0.4, 0.5) is 5.82 Å². The third kappa shape index (κ3) is 2.31. The predicted octanol–water partition coefficient (Wildman–Crippen LogP) is 1.17. The summed E-state index contributed by atoms with van der Waals surface area (Å²) in [4.78, 5) is 0.252. The number of nitrogens with zero attached hydrogens (tertiary/aromatic N) is 2. The summed E-state index contributed by atoms with van der Waals surface area (Å²) < 4.78 is 24.4. The molecule has 2 rings (SSSR count). The third-order valence-corrected chi connectivity index (χ3v) is 3.46. The van der Waals surface area contributed by atoms with Crippen molar-refractivity contribution in [3.8, 4) is 5.69 Å². The lowest BCUT2D eigenvalue weighted by atomic mass is 10.3. The summed E-state index contributed by atoms with van der Waals surface area (Å²) in [5, 5.41) is 4.20. The number of anilines is 1. The number of nitrogen functional groups attached to an aromatic ring is 1. The maximum Gasteiger partial charge on any atom is 0.175 e. The minimum absolute atomic E-state index is 0.252. The maximum absolute atomic E-state index is 11.4. The Bertz CT molecular complexity index is 659. The topological polar surface area (TPSA) is 78.0 Å². The highest BCUT2D eigenvalue weighted by molar-refractivity contribution is 7.90. The van der Waals surface area contributed by atoms with Crippen LogP contribution in [0.5, 0.6) is 0 Å². The van der Waals surface area contributed by atoms with Gasteiger partial charge in [0.05, 0.1) is 16.3 Å². The van der Waals surface area contributed by atoms with Crippen LogP contribution < -0.4 is 5.73 Å². The Labute approximate surface area is 99.8 Å². The highest BCUT2D eigenvalue weighted by Gasteiger charge is 2.10. The minimum atomic E-state index is -3.22. The van der Waals surface area contributed by atoms with Crippen molar-refractivity contribution in [1.29, 1.82) is 0 Å². The average Bonchev–Trinajstić information content (AvgIpc) is 2.57. The quantitative estimate of drug-likeness (QED) is 0.869. The first kappa shape index (κ1) is 11.7. The predicted molar refractivity (Wildman–Crippen MR) is 65.8 cm³/mol. The molecule has 0 radical (unpaired) electrons. The van der Waals surface area contributed by atoms with Gasteiger partial charge >= 0.3 is 0 Å². The second kappa shape index (κ2) is 3.89. The van der Waals surface area contributed by atoms with Crippen LogP contribution in [0, 0.1) is 6.92 Å². The molecule has 0 aliphatic heterocycles. The van der Waals surface area contributed by atoms with Gasteiger partial charge in [-0.3, -0.25) is 0 Å². The molecular weight excluding hydrogens is 238 g/mol. The average molecular weight is 251 g/mol. The van der Waals surface area contributed by atoms with Crippen molar-refractivity contribution in [3.63, 3.8) is 0 Å². The number of benzene rings is 1. The van der Waals surface area contributed by atoms with Crippen molar-refractivity contribution in [2.24, 2.45) is 0 Å². The molecule has 0 bridgehead atoms. The lowest BCUT2D eigenvalue weighted by molar-refractivity contribution is 0.601. The number of rotatable bonds is 2. The van der Waals surface area contributed by atoms with E-state index in [1.807, 2.05) is 6.92 Å². The summed E-state index contributed by atoms with van der Waals surface area (Å²) in [6.45, 7) is 1.83. The molecule has 0 saturated carbocycles. The van der Waals surface area contributed by atoms with Gasteiger partial charge in [0.1, 0.15) is 5.82 Å². The summed E-state index contributed by atoms with van der Waals surface area (Å²) in [6.07, 6.45) is 1.17. The number of hydrogen-bond donors (Lipinski definition) is 1. The first-order valence-corrected chi connectivity index (χ1v) is 6.90. The van der Waals surface area contributed by atoms with Crippen molar-refractivity contribution in [1.82, 2.24) is 9.78 Å². The van der Waals surface area contributed by atoms with Crippen molar-refractivity contribution in [2.75, 3.05) is 12.0 Å². The Kier molecular flexibility index (Phi) is 2.66. The lowest BCUT2D eigenvalue weighted by Gasteiger charge is -2.05. The Hall–Kier alpha value is -1.82. The molecule has 0 atom stereocenters. The molecule has 0 aliphatic rings. The van der Waals surface area contributed by atoms with Crippen LogP contribution in [0.15, 0.2) is 35.2 Å². The monoisotopic (exact) mass is 251 g/mol. The van der Waals surface area contributed by atoms with Gasteiger partial charge in [0, 0.05) is 12.3 Å². The summed E-state index contributed by atoms with van der Waals surface area (Å²) >= 11 is 0. The molecule has 0 unspecified atom stereocenters. The zero-order valence-corrected chi connectivity index (χ0v) is 10.4. The Morgan fingerprint density at radius 1 is 1.29 bits per heavy atom. The zero-order chi connectivity index (χ0) is 12.6. The summed E-state index contributed by atoms with van der Waals surface area (Å²) in [7, 11) is -3.22. The SMILES string of the molecule is Cc1cc(N)n(-c2cccc(S(C)(=O)=O)c2)n1. The van der Waals surface area contributed by atoms with Gasteiger partial charge in [0.25, 0.3) is 0 Å². The molecule has 17 heavy (non-hydrogen) atoms. The molecule has 0 saturated heterocycles. The lowest BCUT2D eigenvalue weighted by Crippen LogP contribution is -2.04. The minimum Gasteiger partial charge on any atom is -0.384 e. The molecule has 1 aromatic heterocycles. The highest BCUT2D eigenvalue weighted by atomic mass is 32.2. The van der Waals surface area contributed by atoms with Gasteiger partial charge in [0.2, 0.25) is 0 Å². The van der Waals surface area contributed by atoms with E-state index in [-0.39, 0.29) is 4.90 Å². The van der Waals surface area contributed by atoms with Gasteiger partial charge in [0.15, 0.2) is 9.84 Å². The van der Waals surface area contributed by atoms with Crippen LogP contribution in [0.25, 0.3) is 5.69 Å². The normalized spacial score (nSPS) is 11.6. The summed E-state index contributed by atoms with van der Waals surface area (Å²) in [6, 6.07) is 8.26. The molecule has 6 heteroatoms. The molecule has 0 amide bonds. The number of hydrogen-bond acceptors (Lipinski definition) is 4. The molecule has 0 fully saturated rings. The Morgan fingerprint density at radius 2 is 2.00 bits per heavy atom. The van der Waals surface area contributed by atoms with Gasteiger partial charge in [-0.1, -0.05) is 6.07 Å². The fourth-order valence-electron chi connectivity index (χ4n) is 1.57. The van der Waals surface area contributed by atoms with Crippen LogP contribution in [0.2, 0.25) is 0 Å². The highest BCUT2D eigenvalue weighted by Crippen LogP contribution is 2.18. The largest absolute Gasteiger partial charge is 0.384 e. The van der Waals surface area contributed by atoms with Crippen molar-refractivity contribution < 1.29 is 8.42 Å². The number of nitrogens with two attached hydrogens (primary N) is 1. The smallest absolute Gasteiger partial charge is 0.175 e. The van der Waals surface area contributed by atoms with Gasteiger partial charge in [-0.25, -0.2) is 13.1 Å². The van der Waals surface area contributed by atoms with Gasteiger partial charge in [-0.05, 0) is 25.1 Å². The fraction of sp³-hybridized carbons (Fsp3) is 0.182. The zero-order valence-electron chi connectivity index (χ0n) is 9.58. The second-order valence-corrected chi connectivity index (χ2v) is 5.91. The molecule has 1 heterocycles. The Morgan fingerprint density at radius 3 is 2.53 bits per heavy atom. The number of sulfone groups is 1. The van der Waals surface area contributed by atoms with Crippen LogP contribution in [-0.2, 0) is 9.84 Å². The molecule has 2 aromatic rings. The van der Waals surface area contributed by atoms with E-state index in [4.69, 9.17) is 5.73 Å². The number of aryl methyl sites for hydroxylation is 1. The first-order chi connectivity index (χ1) is 7.88. The van der Waals surface area contributed by atoms with E-state index in [0.29, 0.717) is 11.5 Å². The standard InChI is InChI=1S/C11H13N3O2S/c1-8-6-11(12)14(13-8)9-4-3-5-10(7-9)17(2,15)16/h3-7H,12H2,1-2H3. The van der Waals surface area contributed by atoms with Crippen LogP contribution in [-0.4, -0.2) is 24.5 Å². The van der Waals surface area contributed by atoms with E-state index in [9.17, 15) is 8.42 Å². The van der Waals surface area contributed by atoms with Crippen LogP contribution in [0.3, 0.4) is 0 Å². The van der Waals surface area contributed by atoms with E-state index in [0.717, 1.165) is 5.69 Å². The molecule has 0 spiro atoms. The number of aromatic nitrogens is 2. The van der Waals surface area contributed by atoms with Crippen LogP contribution >= 0.6 is 0 Å². The van der Waals surface area contributed by atoms with E-state index in [1.54, 1.807) is 30.3 Å². The van der Waals surface area contributed by atoms with E-state index in [2.05, 4.69) is 5.10 Å². The first-order valence-electron chi connectivity index (χ1n) is 5.00. The summed E-state index contributed by atoms with van der Waals surface area (Å²) in [5.74, 6) is 0.480. The van der Waals surface area contributed by atoms with Crippen molar-refractivity contribution in [3.05, 3.63) is 36.0 Å². The van der Waals surface area contributed by atoms with Gasteiger partial charge < -0.3 is 5.73 Å². The van der Waals surface area contributed by atoms with Crippen molar-refractivity contribution in [2.45, 2.75) is 11.8 Å². The second-order valence-electron chi connectivity index (χ2n) is 3.89. The maximum atomic E-state index is 11.4. The summed E-state index contributed by atoms with van der Waals surface area (Å²) in [5.41, 5.74) is 7.21. The fourth-order valence-corrected chi connectivity index (χ4v) is 2.23. The molecular formula is C11H13N3O2S. The molecule has 90 valence electrons. The molecule has 0 aliphatic carbocycles.